The third-order valence-electron chi connectivity index (χ3n) is 5.12. The first-order chi connectivity index (χ1) is 13.9. The van der Waals surface area contributed by atoms with Crippen LogP contribution in [0.2, 0.25) is 0 Å². The van der Waals surface area contributed by atoms with Crippen LogP contribution in [0.15, 0.2) is 29.2 Å². The van der Waals surface area contributed by atoms with E-state index < -0.39 is 21.8 Å². The largest absolute Gasteiger partial charge is 0.379 e. The summed E-state index contributed by atoms with van der Waals surface area (Å²) in [6.45, 7) is 1.35. The fourth-order valence-electron chi connectivity index (χ4n) is 3.64. The predicted octanol–water partition coefficient (Wildman–Crippen LogP) is 1.61. The molecule has 0 spiro atoms. The fourth-order valence-corrected chi connectivity index (χ4v) is 6.34. The van der Waals surface area contributed by atoms with Crippen LogP contribution in [0.4, 0.5) is 5.00 Å². The third-order valence-corrected chi connectivity index (χ3v) is 8.24. The highest BCUT2D eigenvalue weighted by Crippen LogP contribution is 2.39. The van der Waals surface area contributed by atoms with E-state index in [1.807, 2.05) is 0 Å². The second-order valence-corrected chi connectivity index (χ2v) is 9.96. The number of nitrogens with two attached hydrogens (primary N) is 1. The Hall–Kier alpha value is -2.27. The van der Waals surface area contributed by atoms with Gasteiger partial charge in [0, 0.05) is 23.5 Å². The number of sulfonamides is 1. The molecule has 1 saturated heterocycles. The van der Waals surface area contributed by atoms with Crippen LogP contribution < -0.4 is 11.1 Å². The van der Waals surface area contributed by atoms with Crippen molar-refractivity contribution >= 4 is 38.2 Å². The maximum absolute atomic E-state index is 12.7. The van der Waals surface area contributed by atoms with Crippen LogP contribution in [0.5, 0.6) is 0 Å². The minimum Gasteiger partial charge on any atom is -0.379 e. The van der Waals surface area contributed by atoms with Crippen molar-refractivity contribution in [2.24, 2.45) is 5.73 Å². The van der Waals surface area contributed by atoms with Crippen LogP contribution >= 0.6 is 11.3 Å². The van der Waals surface area contributed by atoms with Gasteiger partial charge in [0.25, 0.3) is 11.8 Å². The Morgan fingerprint density at radius 3 is 2.45 bits per heavy atom. The highest BCUT2D eigenvalue weighted by atomic mass is 32.2. The summed E-state index contributed by atoms with van der Waals surface area (Å²) in [6, 6.07) is 5.77. The molecule has 1 aliphatic heterocycles. The number of morpholine rings is 1. The van der Waals surface area contributed by atoms with Crippen LogP contribution in [0.1, 0.15) is 37.6 Å². The number of fused-ring (bicyclic) bond motifs is 1. The Balaban J connectivity index is 1.53. The van der Waals surface area contributed by atoms with E-state index in [1.54, 1.807) is 0 Å². The molecule has 2 amide bonds. The average Bonchev–Trinajstić information content (AvgIpc) is 3.29. The second kappa shape index (κ2) is 7.86. The van der Waals surface area contributed by atoms with E-state index in [4.69, 9.17) is 10.5 Å². The average molecular weight is 436 g/mol. The lowest BCUT2D eigenvalue weighted by Crippen LogP contribution is -2.40. The molecule has 0 saturated carbocycles. The van der Waals surface area contributed by atoms with Gasteiger partial charge >= 0.3 is 0 Å². The van der Waals surface area contributed by atoms with E-state index in [0.717, 1.165) is 29.7 Å². The normalized spacial score (nSPS) is 17.1. The molecule has 1 fully saturated rings. The third kappa shape index (κ3) is 3.80. The quantitative estimate of drug-likeness (QED) is 0.740. The van der Waals surface area contributed by atoms with Gasteiger partial charge in [0.2, 0.25) is 10.0 Å². The van der Waals surface area contributed by atoms with Crippen molar-refractivity contribution in [3.8, 4) is 0 Å². The first-order valence-corrected chi connectivity index (χ1v) is 11.6. The molecule has 2 heterocycles. The highest BCUT2D eigenvalue weighted by Gasteiger charge is 2.28. The number of amides is 2. The Kier molecular flexibility index (Phi) is 5.43. The molecule has 8 nitrogen and oxygen atoms in total. The first kappa shape index (κ1) is 20.0. The maximum atomic E-state index is 12.7. The molecular formula is C19H21N3O5S2. The molecule has 0 unspecified atom stereocenters. The molecule has 10 heteroatoms. The summed E-state index contributed by atoms with van der Waals surface area (Å²) in [5.74, 6) is -0.964. The van der Waals surface area contributed by atoms with Crippen molar-refractivity contribution in [3.63, 3.8) is 0 Å². The van der Waals surface area contributed by atoms with E-state index in [1.165, 1.54) is 39.9 Å². The maximum Gasteiger partial charge on any atom is 0.256 e. The number of hydrogen-bond acceptors (Lipinski definition) is 6. The van der Waals surface area contributed by atoms with E-state index in [2.05, 4.69) is 5.32 Å². The number of hydrogen-bond donors (Lipinski definition) is 2. The lowest BCUT2D eigenvalue weighted by Gasteiger charge is -2.26. The van der Waals surface area contributed by atoms with Gasteiger partial charge in [0.15, 0.2) is 0 Å². The number of thiophene rings is 1. The van der Waals surface area contributed by atoms with Crippen LogP contribution in [0.3, 0.4) is 0 Å². The number of rotatable bonds is 5. The van der Waals surface area contributed by atoms with Crippen molar-refractivity contribution in [2.45, 2.75) is 24.2 Å². The molecule has 3 N–H and O–H groups in total. The molecular weight excluding hydrogens is 414 g/mol. The molecule has 0 atom stereocenters. The first-order valence-electron chi connectivity index (χ1n) is 9.31. The second-order valence-electron chi connectivity index (χ2n) is 6.92. The number of carbonyl (C=O) groups is 2. The Morgan fingerprint density at radius 2 is 1.79 bits per heavy atom. The van der Waals surface area contributed by atoms with Gasteiger partial charge in [0.1, 0.15) is 5.00 Å². The summed E-state index contributed by atoms with van der Waals surface area (Å²) >= 11 is 1.38. The Morgan fingerprint density at radius 1 is 1.10 bits per heavy atom. The monoisotopic (exact) mass is 435 g/mol. The zero-order valence-electron chi connectivity index (χ0n) is 15.6. The van der Waals surface area contributed by atoms with Crippen LogP contribution in [0, 0.1) is 0 Å². The Bertz CT molecular complexity index is 1050. The number of nitrogens with one attached hydrogen (secondary N) is 1. The van der Waals surface area contributed by atoms with Crippen LogP contribution in [-0.2, 0) is 27.6 Å². The molecule has 29 heavy (non-hydrogen) atoms. The van der Waals surface area contributed by atoms with Gasteiger partial charge < -0.3 is 15.8 Å². The van der Waals surface area contributed by atoms with Gasteiger partial charge in [-0.05, 0) is 49.1 Å². The SMILES string of the molecule is NC(=O)c1c(NC(=O)c2ccc(S(=O)(=O)N3CCOCC3)cc2)sc2c1CCC2. The zero-order valence-corrected chi connectivity index (χ0v) is 17.3. The lowest BCUT2D eigenvalue weighted by molar-refractivity contribution is 0.0730. The van der Waals surface area contributed by atoms with Crippen molar-refractivity contribution in [1.82, 2.24) is 4.31 Å². The van der Waals surface area contributed by atoms with E-state index in [-0.39, 0.29) is 4.90 Å². The summed E-state index contributed by atoms with van der Waals surface area (Å²) in [4.78, 5) is 25.7. The van der Waals surface area contributed by atoms with Crippen molar-refractivity contribution in [3.05, 3.63) is 45.8 Å². The van der Waals surface area contributed by atoms with Gasteiger partial charge in [0.05, 0.1) is 23.7 Å². The lowest BCUT2D eigenvalue weighted by atomic mass is 10.1. The Labute approximate surface area is 172 Å². The van der Waals surface area contributed by atoms with Gasteiger partial charge in [-0.25, -0.2) is 8.42 Å². The summed E-state index contributed by atoms with van der Waals surface area (Å²) in [5.41, 5.74) is 7.15. The number of nitrogens with zero attached hydrogens (tertiary/aromatic N) is 1. The molecule has 1 aliphatic carbocycles. The molecule has 4 rings (SSSR count). The van der Waals surface area contributed by atoms with Crippen LogP contribution in [-0.4, -0.2) is 50.8 Å². The molecule has 154 valence electrons. The molecule has 1 aromatic carbocycles. The van der Waals surface area contributed by atoms with Crippen molar-refractivity contribution < 1.29 is 22.7 Å². The minimum atomic E-state index is -3.62. The summed E-state index contributed by atoms with van der Waals surface area (Å²) in [6.07, 6.45) is 2.65. The van der Waals surface area contributed by atoms with Gasteiger partial charge in [-0.3, -0.25) is 9.59 Å². The molecule has 2 aromatic rings. The van der Waals surface area contributed by atoms with Gasteiger partial charge in [-0.1, -0.05) is 0 Å². The van der Waals surface area contributed by atoms with Crippen molar-refractivity contribution in [1.29, 1.82) is 0 Å². The van der Waals surface area contributed by atoms with Crippen LogP contribution in [0.25, 0.3) is 0 Å². The minimum absolute atomic E-state index is 0.129. The number of primary amides is 1. The molecule has 0 bridgehead atoms. The summed E-state index contributed by atoms with van der Waals surface area (Å²) in [5, 5.41) is 3.22. The van der Waals surface area contributed by atoms with E-state index >= 15 is 0 Å². The summed E-state index contributed by atoms with van der Waals surface area (Å²) < 4.78 is 31.9. The van der Waals surface area contributed by atoms with E-state index in [9.17, 15) is 18.0 Å². The molecule has 2 aliphatic rings. The topological polar surface area (TPSA) is 119 Å². The van der Waals surface area contributed by atoms with Gasteiger partial charge in [-0.2, -0.15) is 4.31 Å². The smallest absolute Gasteiger partial charge is 0.256 e. The number of aryl methyl sites for hydroxylation is 1. The number of benzene rings is 1. The summed E-state index contributed by atoms with van der Waals surface area (Å²) in [7, 11) is -3.62. The standard InChI is InChI=1S/C19H21N3O5S2/c20-17(23)16-14-2-1-3-15(14)28-19(16)21-18(24)12-4-6-13(7-5-12)29(25,26)22-8-10-27-11-9-22/h4-7H,1-3,8-11H2,(H2,20,23)(H,21,24). The van der Waals surface area contributed by atoms with Crippen molar-refractivity contribution in [2.75, 3.05) is 31.6 Å². The predicted molar refractivity (Wildman–Crippen MR) is 109 cm³/mol. The molecule has 0 radical (unpaired) electrons. The molecule has 1 aromatic heterocycles. The number of ether oxygens (including phenoxy) is 1. The van der Waals surface area contributed by atoms with Gasteiger partial charge in [-0.15, -0.1) is 11.3 Å². The zero-order chi connectivity index (χ0) is 20.6. The number of carbonyl (C=O) groups excluding carboxylic acids is 2. The number of anilines is 1. The van der Waals surface area contributed by atoms with E-state index in [0.29, 0.717) is 42.4 Å². The highest BCUT2D eigenvalue weighted by molar-refractivity contribution is 7.89. The fraction of sp³-hybridized carbons (Fsp3) is 0.368.